The number of primary amides is 1. The second-order valence-corrected chi connectivity index (χ2v) is 5.09. The van der Waals surface area contributed by atoms with E-state index in [9.17, 15) is 17.6 Å². The lowest BCUT2D eigenvalue weighted by molar-refractivity contribution is -0.116. The SMILES string of the molecule is CS(=O)(=O)N(CC(N)=O)c1ccccc1F. The average molecular weight is 246 g/mol. The van der Waals surface area contributed by atoms with Crippen LogP contribution in [0.25, 0.3) is 0 Å². The Morgan fingerprint density at radius 3 is 2.44 bits per heavy atom. The monoisotopic (exact) mass is 246 g/mol. The molecule has 0 fully saturated rings. The molecule has 7 heteroatoms. The van der Waals surface area contributed by atoms with Gasteiger partial charge in [0.15, 0.2) is 0 Å². The van der Waals surface area contributed by atoms with Crippen LogP contribution in [-0.4, -0.2) is 27.1 Å². The van der Waals surface area contributed by atoms with Crippen LogP contribution in [0.3, 0.4) is 0 Å². The quantitative estimate of drug-likeness (QED) is 0.816. The van der Waals surface area contributed by atoms with Gasteiger partial charge in [-0.1, -0.05) is 12.1 Å². The van der Waals surface area contributed by atoms with E-state index in [4.69, 9.17) is 5.73 Å². The fraction of sp³-hybridized carbons (Fsp3) is 0.222. The highest BCUT2D eigenvalue weighted by molar-refractivity contribution is 7.92. The lowest BCUT2D eigenvalue weighted by Gasteiger charge is -2.20. The molecule has 1 aromatic rings. The summed E-state index contributed by atoms with van der Waals surface area (Å²) < 4.78 is 36.7. The van der Waals surface area contributed by atoms with Crippen LogP contribution < -0.4 is 10.0 Å². The zero-order valence-corrected chi connectivity index (χ0v) is 9.37. The zero-order chi connectivity index (χ0) is 12.3. The van der Waals surface area contributed by atoms with Crippen molar-refractivity contribution < 1.29 is 17.6 Å². The Morgan fingerprint density at radius 2 is 2.00 bits per heavy atom. The van der Waals surface area contributed by atoms with E-state index in [-0.39, 0.29) is 5.69 Å². The number of amides is 1. The summed E-state index contributed by atoms with van der Waals surface area (Å²) in [7, 11) is -3.74. The molecule has 88 valence electrons. The summed E-state index contributed by atoms with van der Waals surface area (Å²) in [4.78, 5) is 10.7. The normalized spacial score (nSPS) is 11.1. The van der Waals surface area contributed by atoms with Crippen LogP contribution in [0.1, 0.15) is 0 Å². The fourth-order valence-corrected chi connectivity index (χ4v) is 2.04. The van der Waals surface area contributed by atoms with Crippen LogP contribution in [0.5, 0.6) is 0 Å². The number of hydrogen-bond donors (Lipinski definition) is 1. The molecule has 0 saturated heterocycles. The van der Waals surface area contributed by atoms with E-state index in [0.717, 1.165) is 12.3 Å². The van der Waals surface area contributed by atoms with E-state index in [1.54, 1.807) is 0 Å². The molecule has 1 amide bonds. The number of nitrogens with two attached hydrogens (primary N) is 1. The predicted molar refractivity (Wildman–Crippen MR) is 57.8 cm³/mol. The second-order valence-electron chi connectivity index (χ2n) is 3.19. The van der Waals surface area contributed by atoms with E-state index < -0.39 is 28.3 Å². The van der Waals surface area contributed by atoms with Crippen LogP contribution in [-0.2, 0) is 14.8 Å². The molecule has 0 aliphatic carbocycles. The third-order valence-electron chi connectivity index (χ3n) is 1.82. The van der Waals surface area contributed by atoms with Crippen molar-refractivity contribution in [2.45, 2.75) is 0 Å². The van der Waals surface area contributed by atoms with Crippen molar-refractivity contribution in [3.63, 3.8) is 0 Å². The molecule has 0 spiro atoms. The lowest BCUT2D eigenvalue weighted by atomic mass is 10.3. The highest BCUT2D eigenvalue weighted by Crippen LogP contribution is 2.20. The lowest BCUT2D eigenvalue weighted by Crippen LogP contribution is -2.38. The van der Waals surface area contributed by atoms with Gasteiger partial charge in [0.05, 0.1) is 11.9 Å². The van der Waals surface area contributed by atoms with Gasteiger partial charge in [0.1, 0.15) is 12.4 Å². The number of anilines is 1. The van der Waals surface area contributed by atoms with Gasteiger partial charge in [-0.15, -0.1) is 0 Å². The van der Waals surface area contributed by atoms with Crippen molar-refractivity contribution in [1.82, 2.24) is 0 Å². The molecule has 0 aliphatic heterocycles. The number of hydrogen-bond acceptors (Lipinski definition) is 3. The Balaban J connectivity index is 3.22. The maximum Gasteiger partial charge on any atom is 0.238 e. The molecule has 0 atom stereocenters. The number of para-hydroxylation sites is 1. The van der Waals surface area contributed by atoms with Crippen molar-refractivity contribution in [3.8, 4) is 0 Å². The summed E-state index contributed by atoms with van der Waals surface area (Å²) in [6.07, 6.45) is 0.877. The standard InChI is InChI=1S/C9H11FN2O3S/c1-16(14,15)12(6-9(11)13)8-5-3-2-4-7(8)10/h2-5H,6H2,1H3,(H2,11,13). The molecular formula is C9H11FN2O3S. The van der Waals surface area contributed by atoms with Gasteiger partial charge in [-0.25, -0.2) is 12.8 Å². The van der Waals surface area contributed by atoms with E-state index >= 15 is 0 Å². The molecule has 16 heavy (non-hydrogen) atoms. The van der Waals surface area contributed by atoms with Gasteiger partial charge in [0.25, 0.3) is 0 Å². The smallest absolute Gasteiger partial charge is 0.238 e. The van der Waals surface area contributed by atoms with Gasteiger partial charge in [-0.2, -0.15) is 0 Å². The summed E-state index contributed by atoms with van der Waals surface area (Å²) in [5, 5.41) is 0. The van der Waals surface area contributed by atoms with Crippen molar-refractivity contribution in [2.24, 2.45) is 5.73 Å². The number of halogens is 1. The molecule has 0 bridgehead atoms. The number of carbonyl (C=O) groups is 1. The highest BCUT2D eigenvalue weighted by Gasteiger charge is 2.21. The van der Waals surface area contributed by atoms with Crippen molar-refractivity contribution >= 4 is 21.6 Å². The van der Waals surface area contributed by atoms with Gasteiger partial charge in [-0.05, 0) is 12.1 Å². The molecular weight excluding hydrogens is 235 g/mol. The maximum atomic E-state index is 13.4. The molecule has 5 nitrogen and oxygen atoms in total. The molecule has 0 heterocycles. The third kappa shape index (κ3) is 2.93. The van der Waals surface area contributed by atoms with Crippen LogP contribution in [0.15, 0.2) is 24.3 Å². The number of sulfonamides is 1. The Bertz CT molecular complexity index is 501. The van der Waals surface area contributed by atoms with Crippen molar-refractivity contribution in [2.75, 3.05) is 17.1 Å². The molecule has 2 N–H and O–H groups in total. The van der Waals surface area contributed by atoms with Gasteiger partial charge in [0.2, 0.25) is 15.9 Å². The van der Waals surface area contributed by atoms with Gasteiger partial charge < -0.3 is 5.73 Å². The van der Waals surface area contributed by atoms with E-state index in [0.29, 0.717) is 4.31 Å². The predicted octanol–water partition coefficient (Wildman–Crippen LogP) is 0.0770. The van der Waals surface area contributed by atoms with Crippen LogP contribution in [0.2, 0.25) is 0 Å². The van der Waals surface area contributed by atoms with Crippen LogP contribution in [0, 0.1) is 5.82 Å². The average Bonchev–Trinajstić information content (AvgIpc) is 2.13. The fourth-order valence-electron chi connectivity index (χ4n) is 1.18. The highest BCUT2D eigenvalue weighted by atomic mass is 32.2. The van der Waals surface area contributed by atoms with E-state index in [1.807, 2.05) is 0 Å². The Labute approximate surface area is 92.7 Å². The van der Waals surface area contributed by atoms with E-state index in [1.165, 1.54) is 18.2 Å². The molecule has 0 radical (unpaired) electrons. The van der Waals surface area contributed by atoms with Crippen molar-refractivity contribution in [3.05, 3.63) is 30.1 Å². The summed E-state index contributed by atoms with van der Waals surface area (Å²) >= 11 is 0. The van der Waals surface area contributed by atoms with Gasteiger partial charge in [-0.3, -0.25) is 9.10 Å². The number of nitrogens with zero attached hydrogens (tertiary/aromatic N) is 1. The summed E-state index contributed by atoms with van der Waals surface area (Å²) in [5.74, 6) is -1.58. The summed E-state index contributed by atoms with van der Waals surface area (Å²) in [6, 6.07) is 5.26. The molecule has 1 rings (SSSR count). The molecule has 0 aliphatic rings. The minimum Gasteiger partial charge on any atom is -0.368 e. The number of carbonyl (C=O) groups excluding carboxylic acids is 1. The summed E-state index contributed by atoms with van der Waals surface area (Å²) in [6.45, 7) is -0.584. The Hall–Kier alpha value is -1.63. The zero-order valence-electron chi connectivity index (χ0n) is 8.55. The first-order valence-corrected chi connectivity index (χ1v) is 6.17. The molecule has 0 saturated carbocycles. The first kappa shape index (κ1) is 12.4. The van der Waals surface area contributed by atoms with Crippen LogP contribution in [0.4, 0.5) is 10.1 Å². The van der Waals surface area contributed by atoms with Gasteiger partial charge >= 0.3 is 0 Å². The van der Waals surface area contributed by atoms with E-state index in [2.05, 4.69) is 0 Å². The minimum atomic E-state index is -3.74. The van der Waals surface area contributed by atoms with Crippen molar-refractivity contribution in [1.29, 1.82) is 0 Å². The summed E-state index contributed by atoms with van der Waals surface area (Å²) in [5.41, 5.74) is 4.72. The topological polar surface area (TPSA) is 80.5 Å². The van der Waals surface area contributed by atoms with Gasteiger partial charge in [0, 0.05) is 0 Å². The Morgan fingerprint density at radius 1 is 1.44 bits per heavy atom. The number of rotatable bonds is 4. The van der Waals surface area contributed by atoms with Crippen LogP contribution >= 0.6 is 0 Å². The first-order chi connectivity index (χ1) is 7.32. The Kier molecular flexibility index (Phi) is 3.48. The minimum absolute atomic E-state index is 0.191. The first-order valence-electron chi connectivity index (χ1n) is 4.33. The molecule has 1 aromatic carbocycles. The molecule has 0 unspecified atom stereocenters. The molecule has 0 aromatic heterocycles. The largest absolute Gasteiger partial charge is 0.368 e. The maximum absolute atomic E-state index is 13.4. The second kappa shape index (κ2) is 4.48. The third-order valence-corrected chi connectivity index (χ3v) is 2.95. The number of benzene rings is 1.